The maximum atomic E-state index is 14.1. The van der Waals surface area contributed by atoms with E-state index in [1.54, 1.807) is 13.1 Å². The van der Waals surface area contributed by atoms with Gasteiger partial charge in [-0.05, 0) is 31.4 Å². The zero-order valence-electron chi connectivity index (χ0n) is 13.6. The van der Waals surface area contributed by atoms with Gasteiger partial charge in [0.25, 0.3) is 5.56 Å². The average Bonchev–Trinajstić information content (AvgIpc) is 2.54. The first-order valence-electron chi connectivity index (χ1n) is 7.69. The van der Waals surface area contributed by atoms with Crippen LogP contribution in [0.3, 0.4) is 0 Å². The molecule has 2 aromatic rings. The zero-order chi connectivity index (χ0) is 16.7. The SMILES string of the molecule is Cc1ccc(F)c2c1N(Cc1cc(=O)n(C)c(=O)n1C)CCC2. The van der Waals surface area contributed by atoms with Gasteiger partial charge in [0.15, 0.2) is 0 Å². The number of fused-ring (bicyclic) bond motifs is 1. The van der Waals surface area contributed by atoms with Crippen LogP contribution >= 0.6 is 0 Å². The molecule has 0 saturated heterocycles. The minimum Gasteiger partial charge on any atom is -0.365 e. The molecule has 6 heteroatoms. The predicted octanol–water partition coefficient (Wildman–Crippen LogP) is 1.48. The van der Waals surface area contributed by atoms with E-state index in [0.717, 1.165) is 40.8 Å². The molecule has 5 nitrogen and oxygen atoms in total. The van der Waals surface area contributed by atoms with Gasteiger partial charge in [-0.2, -0.15) is 0 Å². The van der Waals surface area contributed by atoms with Gasteiger partial charge in [-0.3, -0.25) is 13.9 Å². The number of halogens is 1. The summed E-state index contributed by atoms with van der Waals surface area (Å²) >= 11 is 0. The van der Waals surface area contributed by atoms with E-state index in [4.69, 9.17) is 0 Å². The van der Waals surface area contributed by atoms with Gasteiger partial charge < -0.3 is 4.90 Å². The summed E-state index contributed by atoms with van der Waals surface area (Å²) in [5.41, 5.74) is 2.59. The molecule has 122 valence electrons. The first kappa shape index (κ1) is 15.5. The molecule has 0 unspecified atom stereocenters. The summed E-state index contributed by atoms with van der Waals surface area (Å²) in [7, 11) is 3.12. The maximum absolute atomic E-state index is 14.1. The van der Waals surface area contributed by atoms with E-state index >= 15 is 0 Å². The normalized spacial score (nSPS) is 14.0. The molecule has 0 radical (unpaired) electrons. The lowest BCUT2D eigenvalue weighted by Gasteiger charge is -2.33. The summed E-state index contributed by atoms with van der Waals surface area (Å²) < 4.78 is 16.6. The Kier molecular flexibility index (Phi) is 3.83. The van der Waals surface area contributed by atoms with Crippen LogP contribution in [0.25, 0.3) is 0 Å². The van der Waals surface area contributed by atoms with Crippen LogP contribution < -0.4 is 16.1 Å². The number of aromatic nitrogens is 2. The van der Waals surface area contributed by atoms with Crippen molar-refractivity contribution in [3.63, 3.8) is 0 Å². The number of nitrogens with zero attached hydrogens (tertiary/aromatic N) is 3. The Bertz CT molecular complexity index is 883. The Hall–Kier alpha value is -2.37. The van der Waals surface area contributed by atoms with Crippen molar-refractivity contribution in [2.75, 3.05) is 11.4 Å². The smallest absolute Gasteiger partial charge is 0.330 e. The van der Waals surface area contributed by atoms with Crippen LogP contribution in [0.1, 0.15) is 23.2 Å². The standard InChI is InChI=1S/C17H20FN3O2/c1-11-6-7-14(18)13-5-4-8-21(16(11)13)10-12-9-15(22)20(3)17(23)19(12)2/h6-7,9H,4-5,8,10H2,1-3H3. The number of rotatable bonds is 2. The summed E-state index contributed by atoms with van der Waals surface area (Å²) in [5.74, 6) is -0.187. The molecular weight excluding hydrogens is 297 g/mol. The van der Waals surface area contributed by atoms with Gasteiger partial charge in [-0.1, -0.05) is 6.07 Å². The first-order chi connectivity index (χ1) is 10.9. The highest BCUT2D eigenvalue weighted by atomic mass is 19.1. The second kappa shape index (κ2) is 5.68. The fourth-order valence-electron chi connectivity index (χ4n) is 3.25. The Balaban J connectivity index is 2.06. The number of hydrogen-bond acceptors (Lipinski definition) is 3. The van der Waals surface area contributed by atoms with Gasteiger partial charge in [0, 0.05) is 43.7 Å². The molecule has 1 aromatic heterocycles. The molecule has 1 aliphatic rings. The van der Waals surface area contributed by atoms with Crippen molar-refractivity contribution in [1.82, 2.24) is 9.13 Å². The van der Waals surface area contributed by atoms with Crippen LogP contribution in [-0.4, -0.2) is 15.7 Å². The third kappa shape index (κ3) is 2.58. The lowest BCUT2D eigenvalue weighted by molar-refractivity contribution is 0.577. The van der Waals surface area contributed by atoms with Gasteiger partial charge in [-0.25, -0.2) is 9.18 Å². The first-order valence-corrected chi connectivity index (χ1v) is 7.69. The van der Waals surface area contributed by atoms with Crippen LogP contribution in [-0.2, 0) is 27.1 Å². The minimum atomic E-state index is -0.347. The average molecular weight is 317 g/mol. The molecule has 0 aliphatic carbocycles. The molecule has 0 bridgehead atoms. The third-order valence-electron chi connectivity index (χ3n) is 4.58. The summed E-state index contributed by atoms with van der Waals surface area (Å²) in [6.45, 7) is 3.15. The van der Waals surface area contributed by atoms with Crippen LogP contribution in [0.2, 0.25) is 0 Å². The van der Waals surface area contributed by atoms with Crippen LogP contribution in [0, 0.1) is 12.7 Å². The van der Waals surface area contributed by atoms with Crippen molar-refractivity contribution in [3.8, 4) is 0 Å². The molecule has 0 saturated carbocycles. The van der Waals surface area contributed by atoms with Crippen molar-refractivity contribution in [2.45, 2.75) is 26.3 Å². The van der Waals surface area contributed by atoms with Crippen LogP contribution in [0.5, 0.6) is 0 Å². The van der Waals surface area contributed by atoms with E-state index in [0.29, 0.717) is 12.2 Å². The highest BCUT2D eigenvalue weighted by Gasteiger charge is 2.23. The van der Waals surface area contributed by atoms with Crippen LogP contribution in [0.15, 0.2) is 27.8 Å². The maximum Gasteiger partial charge on any atom is 0.330 e. The second-order valence-electron chi connectivity index (χ2n) is 6.09. The van der Waals surface area contributed by atoms with E-state index < -0.39 is 0 Å². The highest BCUT2D eigenvalue weighted by Crippen LogP contribution is 2.33. The molecule has 0 atom stereocenters. The lowest BCUT2D eigenvalue weighted by atomic mass is 9.97. The molecule has 23 heavy (non-hydrogen) atoms. The van der Waals surface area contributed by atoms with E-state index in [1.807, 2.05) is 6.92 Å². The molecule has 0 amide bonds. The quantitative estimate of drug-likeness (QED) is 0.843. The molecule has 2 heterocycles. The molecule has 0 fully saturated rings. The zero-order valence-corrected chi connectivity index (χ0v) is 13.6. The summed E-state index contributed by atoms with van der Waals surface area (Å²) in [6.07, 6.45) is 1.57. The fourth-order valence-corrected chi connectivity index (χ4v) is 3.25. The molecule has 0 spiro atoms. The van der Waals surface area contributed by atoms with E-state index in [2.05, 4.69) is 4.90 Å². The molecule has 1 aliphatic heterocycles. The fraction of sp³-hybridized carbons (Fsp3) is 0.412. The van der Waals surface area contributed by atoms with E-state index in [-0.39, 0.29) is 17.1 Å². The Morgan fingerprint density at radius 1 is 1.17 bits per heavy atom. The molecule has 1 aromatic carbocycles. The molecule has 0 N–H and O–H groups in total. The topological polar surface area (TPSA) is 47.2 Å². The van der Waals surface area contributed by atoms with Gasteiger partial charge in [0.05, 0.1) is 6.54 Å². The van der Waals surface area contributed by atoms with E-state index in [1.165, 1.54) is 23.7 Å². The summed E-state index contributed by atoms with van der Waals surface area (Å²) in [4.78, 5) is 26.0. The Morgan fingerprint density at radius 3 is 2.65 bits per heavy atom. The molecular formula is C17H20FN3O2. The number of benzene rings is 1. The van der Waals surface area contributed by atoms with Crippen molar-refractivity contribution in [1.29, 1.82) is 0 Å². The predicted molar refractivity (Wildman–Crippen MR) is 87.4 cm³/mol. The van der Waals surface area contributed by atoms with Crippen molar-refractivity contribution >= 4 is 5.69 Å². The van der Waals surface area contributed by atoms with Crippen molar-refractivity contribution in [2.24, 2.45) is 14.1 Å². The lowest BCUT2D eigenvalue weighted by Crippen LogP contribution is -2.40. The summed E-state index contributed by atoms with van der Waals surface area (Å²) in [6, 6.07) is 4.76. The highest BCUT2D eigenvalue weighted by molar-refractivity contribution is 5.61. The van der Waals surface area contributed by atoms with Crippen LogP contribution in [0.4, 0.5) is 10.1 Å². The summed E-state index contributed by atoms with van der Waals surface area (Å²) in [5, 5.41) is 0. The van der Waals surface area contributed by atoms with Gasteiger partial charge >= 0.3 is 5.69 Å². The Labute approximate surface area is 133 Å². The van der Waals surface area contributed by atoms with Gasteiger partial charge in [-0.15, -0.1) is 0 Å². The van der Waals surface area contributed by atoms with Gasteiger partial charge in [0.2, 0.25) is 0 Å². The Morgan fingerprint density at radius 2 is 1.91 bits per heavy atom. The molecule has 3 rings (SSSR count). The number of anilines is 1. The van der Waals surface area contributed by atoms with Crippen molar-refractivity contribution in [3.05, 3.63) is 61.7 Å². The van der Waals surface area contributed by atoms with E-state index in [9.17, 15) is 14.0 Å². The number of hydrogen-bond donors (Lipinski definition) is 0. The van der Waals surface area contributed by atoms with Crippen molar-refractivity contribution < 1.29 is 4.39 Å². The second-order valence-corrected chi connectivity index (χ2v) is 6.09. The minimum absolute atomic E-state index is 0.187. The third-order valence-corrected chi connectivity index (χ3v) is 4.58. The monoisotopic (exact) mass is 317 g/mol. The largest absolute Gasteiger partial charge is 0.365 e. The van der Waals surface area contributed by atoms with Gasteiger partial charge in [0.1, 0.15) is 5.82 Å². The number of aryl methyl sites for hydroxylation is 1.